The molecule has 1 N–H and O–H groups in total. The van der Waals surface area contributed by atoms with Crippen molar-refractivity contribution in [1.29, 1.82) is 0 Å². The number of nitrogens with one attached hydrogen (secondary N) is 1. The lowest BCUT2D eigenvalue weighted by atomic mass is 10.2. The Morgan fingerprint density at radius 3 is 2.56 bits per heavy atom. The second-order valence-corrected chi connectivity index (χ2v) is 5.95. The highest BCUT2D eigenvalue weighted by Crippen LogP contribution is 2.35. The lowest BCUT2D eigenvalue weighted by Gasteiger charge is -2.11. The number of nitrogens with zero attached hydrogens (tertiary/aromatic N) is 1. The van der Waals surface area contributed by atoms with Crippen molar-refractivity contribution < 1.29 is 19.0 Å². The highest BCUT2D eigenvalue weighted by molar-refractivity contribution is 6.32. The van der Waals surface area contributed by atoms with Crippen molar-refractivity contribution in [2.75, 3.05) is 20.3 Å². The number of carbonyl (C=O) groups is 1. The maximum absolute atomic E-state index is 12.2. The normalized spacial score (nSPS) is 10.7. The van der Waals surface area contributed by atoms with E-state index in [2.05, 4.69) is 10.5 Å². The van der Waals surface area contributed by atoms with Crippen LogP contribution in [0.1, 0.15) is 36.2 Å². The minimum atomic E-state index is -0.321. The van der Waals surface area contributed by atoms with Crippen molar-refractivity contribution in [1.82, 2.24) is 5.43 Å². The molecule has 0 saturated heterocycles. The SMILES string of the molecule is CCCOc1ccc(C(=O)N/N=C\c2cc(Cl)c(OC)c(OCC)c2)cc1. The second-order valence-electron chi connectivity index (χ2n) is 5.54. The number of carbonyl (C=O) groups excluding carboxylic acids is 1. The summed E-state index contributed by atoms with van der Waals surface area (Å²) < 4.78 is 16.2. The number of methoxy groups -OCH3 is 1. The van der Waals surface area contributed by atoms with Gasteiger partial charge in [0.25, 0.3) is 5.91 Å². The molecule has 2 aromatic carbocycles. The van der Waals surface area contributed by atoms with E-state index in [1.54, 1.807) is 36.4 Å². The first-order chi connectivity index (χ1) is 13.1. The van der Waals surface area contributed by atoms with E-state index in [0.29, 0.717) is 40.9 Å². The predicted molar refractivity (Wildman–Crippen MR) is 106 cm³/mol. The Kier molecular flexibility index (Phi) is 7.95. The summed E-state index contributed by atoms with van der Waals surface area (Å²) in [6, 6.07) is 10.3. The first-order valence-corrected chi connectivity index (χ1v) is 9.03. The van der Waals surface area contributed by atoms with Crippen molar-refractivity contribution >= 4 is 23.7 Å². The Labute approximate surface area is 164 Å². The first kappa shape index (κ1) is 20.6. The Bertz CT molecular complexity index is 791. The molecular formula is C20H23ClN2O4. The van der Waals surface area contributed by atoms with Gasteiger partial charge in [0.15, 0.2) is 11.5 Å². The lowest BCUT2D eigenvalue weighted by molar-refractivity contribution is 0.0955. The fourth-order valence-corrected chi connectivity index (χ4v) is 2.57. The molecule has 0 fully saturated rings. The maximum Gasteiger partial charge on any atom is 0.271 e. The molecule has 6 nitrogen and oxygen atoms in total. The third-order valence-corrected chi connectivity index (χ3v) is 3.79. The smallest absolute Gasteiger partial charge is 0.271 e. The molecule has 0 aliphatic heterocycles. The third-order valence-electron chi connectivity index (χ3n) is 3.50. The summed E-state index contributed by atoms with van der Waals surface area (Å²) in [7, 11) is 1.52. The van der Waals surface area contributed by atoms with Crippen LogP contribution in [0.2, 0.25) is 5.02 Å². The molecular weight excluding hydrogens is 368 g/mol. The van der Waals surface area contributed by atoms with E-state index in [1.165, 1.54) is 13.3 Å². The molecule has 0 unspecified atom stereocenters. The summed E-state index contributed by atoms with van der Waals surface area (Å²) in [4.78, 5) is 12.2. The Balaban J connectivity index is 2.03. The van der Waals surface area contributed by atoms with Gasteiger partial charge in [-0.05, 0) is 55.3 Å². The molecule has 0 spiro atoms. The summed E-state index contributed by atoms with van der Waals surface area (Å²) in [5, 5.41) is 4.38. The largest absolute Gasteiger partial charge is 0.494 e. The topological polar surface area (TPSA) is 69.2 Å². The van der Waals surface area contributed by atoms with Crippen molar-refractivity contribution in [3.8, 4) is 17.2 Å². The molecule has 0 aliphatic carbocycles. The van der Waals surface area contributed by atoms with Crippen LogP contribution in [0.3, 0.4) is 0 Å². The number of rotatable bonds is 9. The van der Waals surface area contributed by atoms with Crippen molar-refractivity contribution in [3.05, 3.63) is 52.5 Å². The molecule has 0 bridgehead atoms. The summed E-state index contributed by atoms with van der Waals surface area (Å²) >= 11 is 6.19. The van der Waals surface area contributed by atoms with Crippen LogP contribution in [0.25, 0.3) is 0 Å². The second kappa shape index (κ2) is 10.4. The predicted octanol–water partition coefficient (Wildman–Crippen LogP) is 4.30. The Morgan fingerprint density at radius 2 is 1.93 bits per heavy atom. The van der Waals surface area contributed by atoms with Crippen molar-refractivity contribution in [2.45, 2.75) is 20.3 Å². The molecule has 2 aromatic rings. The van der Waals surface area contributed by atoms with Gasteiger partial charge >= 0.3 is 0 Å². The van der Waals surface area contributed by atoms with E-state index < -0.39 is 0 Å². The molecule has 0 radical (unpaired) electrons. The van der Waals surface area contributed by atoms with Gasteiger partial charge in [0.2, 0.25) is 0 Å². The van der Waals surface area contributed by atoms with Gasteiger partial charge in [-0.3, -0.25) is 4.79 Å². The first-order valence-electron chi connectivity index (χ1n) is 8.65. The zero-order chi connectivity index (χ0) is 19.6. The summed E-state index contributed by atoms with van der Waals surface area (Å²) in [6.07, 6.45) is 2.42. The van der Waals surface area contributed by atoms with Crippen LogP contribution >= 0.6 is 11.6 Å². The van der Waals surface area contributed by atoms with Gasteiger partial charge in [-0.1, -0.05) is 18.5 Å². The highest BCUT2D eigenvalue weighted by Gasteiger charge is 2.11. The van der Waals surface area contributed by atoms with Crippen LogP contribution in [0.5, 0.6) is 17.2 Å². The minimum Gasteiger partial charge on any atom is -0.494 e. The zero-order valence-electron chi connectivity index (χ0n) is 15.6. The molecule has 0 saturated carbocycles. The molecule has 144 valence electrons. The van der Waals surface area contributed by atoms with E-state index in [4.69, 9.17) is 25.8 Å². The van der Waals surface area contributed by atoms with Gasteiger partial charge in [-0.2, -0.15) is 5.10 Å². The minimum absolute atomic E-state index is 0.321. The Morgan fingerprint density at radius 1 is 1.19 bits per heavy atom. The fourth-order valence-electron chi connectivity index (χ4n) is 2.28. The third kappa shape index (κ3) is 5.89. The molecule has 0 heterocycles. The van der Waals surface area contributed by atoms with Gasteiger partial charge in [0.1, 0.15) is 5.75 Å². The standard InChI is InChI=1S/C20H23ClN2O4/c1-4-10-27-16-8-6-15(7-9-16)20(24)23-22-13-14-11-17(21)19(25-3)18(12-14)26-5-2/h6-9,11-13H,4-5,10H2,1-3H3,(H,23,24)/b22-13-. The number of benzene rings is 2. The molecule has 0 aliphatic rings. The molecule has 7 heteroatoms. The fraction of sp³-hybridized carbons (Fsp3) is 0.300. The molecule has 0 atom stereocenters. The number of ether oxygens (including phenoxy) is 3. The number of amides is 1. The van der Waals surface area contributed by atoms with Gasteiger partial charge < -0.3 is 14.2 Å². The van der Waals surface area contributed by atoms with Crippen LogP contribution in [-0.4, -0.2) is 32.4 Å². The Hall–Kier alpha value is -2.73. The lowest BCUT2D eigenvalue weighted by Crippen LogP contribution is -2.17. The van der Waals surface area contributed by atoms with E-state index >= 15 is 0 Å². The summed E-state index contributed by atoms with van der Waals surface area (Å²) in [5.41, 5.74) is 3.64. The average Bonchev–Trinajstić information content (AvgIpc) is 2.67. The van der Waals surface area contributed by atoms with Crippen molar-refractivity contribution in [3.63, 3.8) is 0 Å². The molecule has 1 amide bonds. The van der Waals surface area contributed by atoms with Gasteiger partial charge in [0, 0.05) is 5.56 Å². The van der Waals surface area contributed by atoms with Gasteiger partial charge in [0.05, 0.1) is 31.6 Å². The quantitative estimate of drug-likeness (QED) is 0.512. The number of hydrogen-bond acceptors (Lipinski definition) is 5. The molecule has 27 heavy (non-hydrogen) atoms. The van der Waals surface area contributed by atoms with Gasteiger partial charge in [-0.15, -0.1) is 0 Å². The molecule has 0 aromatic heterocycles. The van der Waals surface area contributed by atoms with Crippen LogP contribution < -0.4 is 19.6 Å². The average molecular weight is 391 g/mol. The summed E-state index contributed by atoms with van der Waals surface area (Å²) in [6.45, 7) is 5.02. The van der Waals surface area contributed by atoms with E-state index in [-0.39, 0.29) is 5.91 Å². The monoisotopic (exact) mass is 390 g/mol. The van der Waals surface area contributed by atoms with E-state index in [9.17, 15) is 4.79 Å². The molecule has 2 rings (SSSR count). The van der Waals surface area contributed by atoms with Crippen LogP contribution in [-0.2, 0) is 0 Å². The maximum atomic E-state index is 12.2. The zero-order valence-corrected chi connectivity index (χ0v) is 16.4. The van der Waals surface area contributed by atoms with Gasteiger partial charge in [-0.25, -0.2) is 5.43 Å². The van der Waals surface area contributed by atoms with Crippen LogP contribution in [0.15, 0.2) is 41.5 Å². The van der Waals surface area contributed by atoms with E-state index in [0.717, 1.165) is 12.2 Å². The number of hydrazone groups is 1. The van der Waals surface area contributed by atoms with E-state index in [1.807, 2.05) is 13.8 Å². The number of hydrogen-bond donors (Lipinski definition) is 1. The summed E-state index contributed by atoms with van der Waals surface area (Å²) in [5.74, 6) is 1.39. The highest BCUT2D eigenvalue weighted by atomic mass is 35.5. The van der Waals surface area contributed by atoms with Crippen LogP contribution in [0.4, 0.5) is 0 Å². The van der Waals surface area contributed by atoms with Crippen LogP contribution in [0, 0.1) is 0 Å². The van der Waals surface area contributed by atoms with Crippen molar-refractivity contribution in [2.24, 2.45) is 5.10 Å². The number of halogens is 1.